The monoisotopic (exact) mass is 517 g/mol. The molecule has 9 nitrogen and oxygen atoms in total. The van der Waals surface area contributed by atoms with Crippen molar-refractivity contribution in [2.45, 2.75) is 76.5 Å². The summed E-state index contributed by atoms with van der Waals surface area (Å²) >= 11 is 1.56. The molecule has 4 aromatic heterocycles. The summed E-state index contributed by atoms with van der Waals surface area (Å²) < 4.78 is 1.73. The number of nitrogen functional groups attached to an aromatic ring is 1. The number of anilines is 1. The molecule has 0 saturated carbocycles. The van der Waals surface area contributed by atoms with Gasteiger partial charge in [0.2, 0.25) is 0 Å². The zero-order chi connectivity index (χ0) is 25.9. The van der Waals surface area contributed by atoms with E-state index in [1.54, 1.807) is 42.1 Å². The highest BCUT2D eigenvalue weighted by Crippen LogP contribution is 2.45. The van der Waals surface area contributed by atoms with Crippen LogP contribution in [0.2, 0.25) is 0 Å². The Hall–Kier alpha value is -3.37. The first-order valence-electron chi connectivity index (χ1n) is 12.8. The van der Waals surface area contributed by atoms with E-state index in [1.807, 2.05) is 28.6 Å². The number of piperidine rings is 1. The number of aliphatic hydroxyl groups is 1. The van der Waals surface area contributed by atoms with Gasteiger partial charge in [-0.2, -0.15) is 9.61 Å². The summed E-state index contributed by atoms with van der Waals surface area (Å²) in [5.41, 5.74) is 10.7. The smallest absolute Gasteiger partial charge is 0.254 e. The topological polar surface area (TPSA) is 123 Å². The number of nitrogens with zero attached hydrogens (tertiary/aromatic N) is 6. The van der Waals surface area contributed by atoms with Gasteiger partial charge < -0.3 is 15.7 Å². The van der Waals surface area contributed by atoms with Gasteiger partial charge in [0, 0.05) is 52.5 Å². The maximum absolute atomic E-state index is 13.0. The maximum Gasteiger partial charge on any atom is 0.254 e. The molecule has 6 heterocycles. The zero-order valence-electron chi connectivity index (χ0n) is 21.3. The lowest BCUT2D eigenvalue weighted by molar-refractivity contribution is -0.152. The van der Waals surface area contributed by atoms with Crippen LogP contribution in [0.15, 0.2) is 36.1 Å². The standard InChI is InChI=1S/C27H31N7O2S/c1-4-19-22(16-11-17-6-7-18(12-16)33(17)26(35)27(2,3)36)32-24-20(14-31-34(24)23(19)28)15-5-8-21(30-13-15)25-29-9-10-37-25/h5,8-10,13-14,16-18,36H,4,6-7,11-12,28H2,1-3H3. The molecule has 192 valence electrons. The van der Waals surface area contributed by atoms with Crippen LogP contribution in [-0.2, 0) is 11.2 Å². The number of carbonyl (C=O) groups is 1. The lowest BCUT2D eigenvalue weighted by Crippen LogP contribution is -2.53. The summed E-state index contributed by atoms with van der Waals surface area (Å²) in [7, 11) is 0. The summed E-state index contributed by atoms with van der Waals surface area (Å²) in [4.78, 5) is 29.0. The normalized spacial score (nSPS) is 21.6. The van der Waals surface area contributed by atoms with Gasteiger partial charge in [0.25, 0.3) is 5.91 Å². The van der Waals surface area contributed by atoms with E-state index in [2.05, 4.69) is 22.0 Å². The van der Waals surface area contributed by atoms with Crippen molar-refractivity contribution in [1.82, 2.24) is 29.5 Å². The molecule has 0 radical (unpaired) electrons. The Morgan fingerprint density at radius 1 is 1.19 bits per heavy atom. The Morgan fingerprint density at radius 3 is 2.54 bits per heavy atom. The zero-order valence-corrected chi connectivity index (χ0v) is 22.1. The van der Waals surface area contributed by atoms with Gasteiger partial charge in [0.05, 0.1) is 17.6 Å². The number of aromatic nitrogens is 5. The summed E-state index contributed by atoms with van der Waals surface area (Å²) in [5, 5.41) is 17.8. The molecule has 2 aliphatic rings. The van der Waals surface area contributed by atoms with Crippen LogP contribution in [0.5, 0.6) is 0 Å². The van der Waals surface area contributed by atoms with Gasteiger partial charge >= 0.3 is 0 Å². The minimum atomic E-state index is -1.36. The van der Waals surface area contributed by atoms with Crippen LogP contribution in [0.1, 0.15) is 63.6 Å². The van der Waals surface area contributed by atoms with Gasteiger partial charge in [-0.1, -0.05) is 13.0 Å². The Morgan fingerprint density at radius 2 is 1.95 bits per heavy atom. The first-order chi connectivity index (χ1) is 17.8. The fourth-order valence-electron chi connectivity index (χ4n) is 6.05. The summed E-state index contributed by atoms with van der Waals surface area (Å²) in [6.07, 6.45) is 9.72. The van der Waals surface area contributed by atoms with Crippen molar-refractivity contribution in [2.24, 2.45) is 0 Å². The highest BCUT2D eigenvalue weighted by molar-refractivity contribution is 7.13. The second-order valence-corrected chi connectivity index (χ2v) is 11.5. The van der Waals surface area contributed by atoms with E-state index in [0.29, 0.717) is 5.82 Å². The van der Waals surface area contributed by atoms with Gasteiger partial charge in [0.15, 0.2) is 5.65 Å². The quantitative estimate of drug-likeness (QED) is 0.409. The molecule has 6 rings (SSSR count). The maximum atomic E-state index is 13.0. The number of carbonyl (C=O) groups excluding carboxylic acids is 1. The van der Waals surface area contributed by atoms with Gasteiger partial charge in [-0.25, -0.2) is 9.97 Å². The number of nitrogens with two attached hydrogens (primary N) is 1. The third-order valence-corrected chi connectivity index (χ3v) is 8.57. The van der Waals surface area contributed by atoms with Gasteiger partial charge in [-0.15, -0.1) is 11.3 Å². The number of hydrogen-bond donors (Lipinski definition) is 2. The van der Waals surface area contributed by atoms with Crippen LogP contribution in [-0.4, -0.2) is 58.2 Å². The molecule has 0 spiro atoms. The number of pyridine rings is 1. The summed E-state index contributed by atoms with van der Waals surface area (Å²) in [6.45, 7) is 5.24. The SMILES string of the molecule is CCc1c(C2CC3CCC(C2)N3C(=O)C(C)(C)O)nc2c(-c3ccc(-c4nccs4)nc3)cnn2c1N. The number of amides is 1. The highest BCUT2D eigenvalue weighted by Gasteiger charge is 2.47. The predicted molar refractivity (Wildman–Crippen MR) is 143 cm³/mol. The van der Waals surface area contributed by atoms with E-state index in [1.165, 1.54) is 0 Å². The molecule has 2 unspecified atom stereocenters. The van der Waals surface area contributed by atoms with Crippen molar-refractivity contribution in [1.29, 1.82) is 0 Å². The molecular weight excluding hydrogens is 486 g/mol. The van der Waals surface area contributed by atoms with Crippen LogP contribution in [0.25, 0.3) is 27.5 Å². The Labute approximate surface area is 219 Å². The first-order valence-corrected chi connectivity index (χ1v) is 13.7. The fraction of sp³-hybridized carbons (Fsp3) is 0.444. The number of fused-ring (bicyclic) bond motifs is 3. The molecule has 2 fully saturated rings. The molecule has 3 N–H and O–H groups in total. The molecule has 4 aromatic rings. The Kier molecular flexibility index (Phi) is 5.76. The molecule has 2 saturated heterocycles. The van der Waals surface area contributed by atoms with Crippen molar-refractivity contribution in [3.05, 3.63) is 47.4 Å². The molecule has 1 amide bonds. The average molecular weight is 518 g/mol. The van der Waals surface area contributed by atoms with Crippen molar-refractivity contribution in [2.75, 3.05) is 5.73 Å². The van der Waals surface area contributed by atoms with Crippen molar-refractivity contribution < 1.29 is 9.90 Å². The minimum absolute atomic E-state index is 0.110. The second-order valence-electron chi connectivity index (χ2n) is 10.6. The summed E-state index contributed by atoms with van der Waals surface area (Å²) in [5.74, 6) is 0.631. The van der Waals surface area contributed by atoms with Gasteiger partial charge in [-0.05, 0) is 52.0 Å². The van der Waals surface area contributed by atoms with Crippen molar-refractivity contribution in [3.8, 4) is 21.8 Å². The second kappa shape index (κ2) is 8.88. The van der Waals surface area contributed by atoms with Crippen LogP contribution in [0, 0.1) is 0 Å². The molecule has 0 aromatic carbocycles. The Bertz CT molecular complexity index is 1440. The third-order valence-electron chi connectivity index (χ3n) is 7.77. The fourth-order valence-corrected chi connectivity index (χ4v) is 6.66. The van der Waals surface area contributed by atoms with E-state index < -0.39 is 5.60 Å². The largest absolute Gasteiger partial charge is 0.383 e. The molecule has 0 aliphatic carbocycles. The number of thiazole rings is 1. The van der Waals surface area contributed by atoms with E-state index in [4.69, 9.17) is 10.7 Å². The molecule has 2 atom stereocenters. The van der Waals surface area contributed by atoms with Crippen LogP contribution in [0.3, 0.4) is 0 Å². The van der Waals surface area contributed by atoms with E-state index in [-0.39, 0.29) is 23.9 Å². The third kappa shape index (κ3) is 3.99. The average Bonchev–Trinajstić information content (AvgIpc) is 3.61. The van der Waals surface area contributed by atoms with Crippen LogP contribution in [0.4, 0.5) is 5.82 Å². The molecule has 2 aliphatic heterocycles. The molecular formula is C27H31N7O2S. The van der Waals surface area contributed by atoms with E-state index in [0.717, 1.165) is 70.8 Å². The van der Waals surface area contributed by atoms with E-state index >= 15 is 0 Å². The highest BCUT2D eigenvalue weighted by atomic mass is 32.1. The lowest BCUT2D eigenvalue weighted by atomic mass is 9.84. The predicted octanol–water partition coefficient (Wildman–Crippen LogP) is 4.07. The van der Waals surface area contributed by atoms with Crippen LogP contribution < -0.4 is 5.73 Å². The molecule has 2 bridgehead atoms. The lowest BCUT2D eigenvalue weighted by Gasteiger charge is -2.41. The molecule has 37 heavy (non-hydrogen) atoms. The van der Waals surface area contributed by atoms with Crippen LogP contribution >= 0.6 is 11.3 Å². The summed E-state index contributed by atoms with van der Waals surface area (Å²) in [6, 6.07) is 4.21. The van der Waals surface area contributed by atoms with E-state index in [9.17, 15) is 9.90 Å². The Balaban J connectivity index is 1.37. The van der Waals surface area contributed by atoms with Gasteiger partial charge in [0.1, 0.15) is 16.4 Å². The van der Waals surface area contributed by atoms with Crippen molar-refractivity contribution in [3.63, 3.8) is 0 Å². The van der Waals surface area contributed by atoms with Crippen molar-refractivity contribution >= 4 is 28.7 Å². The minimum Gasteiger partial charge on any atom is -0.383 e. The first kappa shape index (κ1) is 24.0. The van der Waals surface area contributed by atoms with Gasteiger partial charge in [-0.3, -0.25) is 9.78 Å². The number of hydrogen-bond acceptors (Lipinski definition) is 8. The molecule has 10 heteroatoms. The number of rotatable bonds is 5.